The number of aliphatic hydroxyl groups excluding tert-OH is 2. The largest absolute Gasteiger partial charge is 0.395 e. The highest BCUT2D eigenvalue weighted by Gasteiger charge is 2.39. The van der Waals surface area contributed by atoms with Gasteiger partial charge in [0, 0.05) is 13.1 Å². The minimum absolute atomic E-state index is 0.0827. The van der Waals surface area contributed by atoms with Crippen molar-refractivity contribution in [3.05, 3.63) is 0 Å². The summed E-state index contributed by atoms with van der Waals surface area (Å²) in [6.07, 6.45) is 1.41. The van der Waals surface area contributed by atoms with E-state index < -0.39 is 10.0 Å². The Labute approximate surface area is 78.0 Å². The first-order chi connectivity index (χ1) is 6.12. The summed E-state index contributed by atoms with van der Waals surface area (Å²) in [5, 5.41) is 17.0. The van der Waals surface area contributed by atoms with E-state index in [1.54, 1.807) is 0 Å². The summed E-state index contributed by atoms with van der Waals surface area (Å²) < 4.78 is 24.3. The predicted molar refractivity (Wildman–Crippen MR) is 47.7 cm³/mol. The third kappa shape index (κ3) is 2.63. The van der Waals surface area contributed by atoms with Gasteiger partial charge in [0.05, 0.1) is 18.5 Å². The fraction of sp³-hybridized carbons (Fsp3) is 1.00. The van der Waals surface area contributed by atoms with Crippen LogP contribution in [0, 0.1) is 0 Å². The molecule has 1 rings (SSSR count). The average Bonchev–Trinajstić information content (AvgIpc) is 2.86. The van der Waals surface area contributed by atoms with Crippen molar-refractivity contribution >= 4 is 10.0 Å². The molecule has 0 heterocycles. The second-order valence-electron chi connectivity index (χ2n) is 3.09. The zero-order valence-corrected chi connectivity index (χ0v) is 8.20. The molecule has 1 saturated carbocycles. The first-order valence-electron chi connectivity index (χ1n) is 4.33. The van der Waals surface area contributed by atoms with Crippen LogP contribution in [0.3, 0.4) is 0 Å². The SMILES string of the molecule is O=S(=O)(C1CC1)N(CCO)CCO. The molecule has 1 aliphatic rings. The lowest BCUT2D eigenvalue weighted by Crippen LogP contribution is -2.37. The summed E-state index contributed by atoms with van der Waals surface area (Å²) in [5.41, 5.74) is 0. The van der Waals surface area contributed by atoms with Gasteiger partial charge in [-0.25, -0.2) is 8.42 Å². The van der Waals surface area contributed by atoms with Crippen LogP contribution in [0.1, 0.15) is 12.8 Å². The van der Waals surface area contributed by atoms with Crippen LogP contribution in [0.5, 0.6) is 0 Å². The molecule has 1 aliphatic carbocycles. The van der Waals surface area contributed by atoms with Gasteiger partial charge in [-0.1, -0.05) is 0 Å². The fourth-order valence-electron chi connectivity index (χ4n) is 1.17. The fourth-order valence-corrected chi connectivity index (χ4v) is 2.99. The van der Waals surface area contributed by atoms with E-state index in [9.17, 15) is 8.42 Å². The summed E-state index contributed by atoms with van der Waals surface area (Å²) in [7, 11) is -3.24. The molecule has 0 amide bonds. The van der Waals surface area contributed by atoms with Gasteiger partial charge < -0.3 is 10.2 Å². The smallest absolute Gasteiger partial charge is 0.217 e. The Balaban J connectivity index is 2.61. The molecule has 78 valence electrons. The molecule has 0 saturated heterocycles. The number of rotatable bonds is 6. The minimum atomic E-state index is -3.24. The summed E-state index contributed by atoms with van der Waals surface area (Å²) in [6.45, 7) is -0.239. The van der Waals surface area contributed by atoms with Crippen molar-refractivity contribution in [3.63, 3.8) is 0 Å². The van der Waals surface area contributed by atoms with E-state index in [-0.39, 0.29) is 31.6 Å². The molecule has 0 spiro atoms. The maximum Gasteiger partial charge on any atom is 0.217 e. The standard InChI is InChI=1S/C7H15NO4S/c9-5-3-8(4-6-10)13(11,12)7-1-2-7/h7,9-10H,1-6H2. The lowest BCUT2D eigenvalue weighted by molar-refractivity contribution is 0.217. The molecule has 0 aromatic rings. The lowest BCUT2D eigenvalue weighted by atomic mass is 10.6. The molecule has 0 aliphatic heterocycles. The summed E-state index contributed by atoms with van der Waals surface area (Å²) in [4.78, 5) is 0. The van der Waals surface area contributed by atoms with E-state index in [0.717, 1.165) is 4.31 Å². The Morgan fingerprint density at radius 1 is 1.15 bits per heavy atom. The van der Waals surface area contributed by atoms with Gasteiger partial charge in [0.15, 0.2) is 0 Å². The number of hydrogen-bond acceptors (Lipinski definition) is 4. The van der Waals surface area contributed by atoms with E-state index in [0.29, 0.717) is 12.8 Å². The van der Waals surface area contributed by atoms with Crippen LogP contribution < -0.4 is 0 Å². The molecule has 0 aromatic heterocycles. The van der Waals surface area contributed by atoms with Gasteiger partial charge in [-0.2, -0.15) is 4.31 Å². The summed E-state index contributed by atoms with van der Waals surface area (Å²) in [5.74, 6) is 0. The molecule has 6 heteroatoms. The Morgan fingerprint density at radius 3 is 1.92 bits per heavy atom. The number of sulfonamides is 1. The Morgan fingerprint density at radius 2 is 1.62 bits per heavy atom. The molecule has 0 bridgehead atoms. The van der Waals surface area contributed by atoms with Crippen molar-refractivity contribution in [2.75, 3.05) is 26.3 Å². The van der Waals surface area contributed by atoms with Crippen LogP contribution in [0.15, 0.2) is 0 Å². The van der Waals surface area contributed by atoms with Crippen LogP contribution in [0.25, 0.3) is 0 Å². The molecule has 1 fully saturated rings. The first-order valence-corrected chi connectivity index (χ1v) is 5.84. The van der Waals surface area contributed by atoms with Crippen molar-refractivity contribution in [1.29, 1.82) is 0 Å². The molecule has 0 radical (unpaired) electrons. The Bertz CT molecular complexity index is 241. The highest BCUT2D eigenvalue weighted by molar-refractivity contribution is 7.90. The zero-order valence-electron chi connectivity index (χ0n) is 7.39. The molecule has 5 nitrogen and oxygen atoms in total. The van der Waals surface area contributed by atoms with Crippen molar-refractivity contribution in [2.45, 2.75) is 18.1 Å². The third-order valence-corrected chi connectivity index (χ3v) is 4.40. The molecular formula is C7H15NO4S. The Hall–Kier alpha value is -0.170. The summed E-state index contributed by atoms with van der Waals surface area (Å²) in [6, 6.07) is 0. The van der Waals surface area contributed by atoms with Crippen LogP contribution in [-0.2, 0) is 10.0 Å². The molecular weight excluding hydrogens is 194 g/mol. The zero-order chi connectivity index (χ0) is 9.90. The number of nitrogens with zero attached hydrogens (tertiary/aromatic N) is 1. The van der Waals surface area contributed by atoms with Gasteiger partial charge in [0.2, 0.25) is 10.0 Å². The van der Waals surface area contributed by atoms with E-state index in [4.69, 9.17) is 10.2 Å². The molecule has 2 N–H and O–H groups in total. The monoisotopic (exact) mass is 209 g/mol. The maximum atomic E-state index is 11.6. The van der Waals surface area contributed by atoms with Gasteiger partial charge in [0.25, 0.3) is 0 Å². The second-order valence-corrected chi connectivity index (χ2v) is 5.30. The van der Waals surface area contributed by atoms with Gasteiger partial charge in [0.1, 0.15) is 0 Å². The van der Waals surface area contributed by atoms with Crippen LogP contribution >= 0.6 is 0 Å². The number of hydrogen-bond donors (Lipinski definition) is 2. The topological polar surface area (TPSA) is 77.8 Å². The van der Waals surface area contributed by atoms with Crippen LogP contribution in [0.4, 0.5) is 0 Å². The summed E-state index contributed by atoms with van der Waals surface area (Å²) >= 11 is 0. The van der Waals surface area contributed by atoms with Crippen LogP contribution in [0.2, 0.25) is 0 Å². The van der Waals surface area contributed by atoms with E-state index in [1.165, 1.54) is 0 Å². The van der Waals surface area contributed by atoms with Crippen molar-refractivity contribution < 1.29 is 18.6 Å². The highest BCUT2D eigenvalue weighted by Crippen LogP contribution is 2.30. The molecule has 13 heavy (non-hydrogen) atoms. The van der Waals surface area contributed by atoms with E-state index in [1.807, 2.05) is 0 Å². The van der Waals surface area contributed by atoms with E-state index in [2.05, 4.69) is 0 Å². The second kappa shape index (κ2) is 4.36. The Kier molecular flexibility index (Phi) is 3.66. The molecule has 0 atom stereocenters. The van der Waals surface area contributed by atoms with Gasteiger partial charge in [-0.3, -0.25) is 0 Å². The molecule has 0 aromatic carbocycles. The third-order valence-electron chi connectivity index (χ3n) is 2.00. The number of aliphatic hydroxyl groups is 2. The normalized spacial score (nSPS) is 18.1. The maximum absolute atomic E-state index is 11.6. The predicted octanol–water partition coefficient (Wildman–Crippen LogP) is -1.23. The average molecular weight is 209 g/mol. The van der Waals surface area contributed by atoms with Gasteiger partial charge in [-0.05, 0) is 12.8 Å². The van der Waals surface area contributed by atoms with Gasteiger partial charge in [-0.15, -0.1) is 0 Å². The van der Waals surface area contributed by atoms with Crippen molar-refractivity contribution in [3.8, 4) is 0 Å². The highest BCUT2D eigenvalue weighted by atomic mass is 32.2. The van der Waals surface area contributed by atoms with Crippen LogP contribution in [-0.4, -0.2) is 54.5 Å². The first kappa shape index (κ1) is 10.9. The van der Waals surface area contributed by atoms with E-state index >= 15 is 0 Å². The van der Waals surface area contributed by atoms with Gasteiger partial charge >= 0.3 is 0 Å². The van der Waals surface area contributed by atoms with Crippen molar-refractivity contribution in [2.24, 2.45) is 0 Å². The molecule has 0 unspecified atom stereocenters. The minimum Gasteiger partial charge on any atom is -0.395 e. The quantitative estimate of drug-likeness (QED) is 0.574. The lowest BCUT2D eigenvalue weighted by Gasteiger charge is -2.19. The van der Waals surface area contributed by atoms with Crippen molar-refractivity contribution in [1.82, 2.24) is 4.31 Å².